The molecular weight excluding hydrogens is 284 g/mol. The standard InChI is InChI=1S/C15H18N4O3/c20-15(19-11-3-8-21-9-4-11)18-10-12-14(17-6-5-16-12)13-2-1-7-22-13/h1-2,5-7,11H,3-4,8-10H2,(H2,18,19,20). The lowest BCUT2D eigenvalue weighted by Gasteiger charge is -2.23. The number of rotatable bonds is 4. The summed E-state index contributed by atoms with van der Waals surface area (Å²) in [6.45, 7) is 1.68. The first kappa shape index (κ1) is 14.5. The molecule has 2 amide bonds. The third-order valence-corrected chi connectivity index (χ3v) is 3.50. The maximum atomic E-state index is 11.9. The molecule has 0 unspecified atom stereocenters. The number of carbonyl (C=O) groups excluding carboxylic acids is 1. The number of nitrogens with zero attached hydrogens (tertiary/aromatic N) is 2. The third-order valence-electron chi connectivity index (χ3n) is 3.50. The second-order valence-corrected chi connectivity index (χ2v) is 5.04. The van der Waals surface area contributed by atoms with Crippen molar-refractivity contribution in [2.24, 2.45) is 0 Å². The van der Waals surface area contributed by atoms with Gasteiger partial charge in [0.25, 0.3) is 0 Å². The van der Waals surface area contributed by atoms with E-state index in [2.05, 4.69) is 20.6 Å². The molecule has 7 heteroatoms. The number of amides is 2. The van der Waals surface area contributed by atoms with Crippen molar-refractivity contribution in [2.75, 3.05) is 13.2 Å². The molecule has 22 heavy (non-hydrogen) atoms. The number of furan rings is 1. The number of urea groups is 1. The van der Waals surface area contributed by atoms with Gasteiger partial charge in [0.05, 0.1) is 18.5 Å². The van der Waals surface area contributed by atoms with E-state index in [1.165, 1.54) is 0 Å². The molecule has 1 saturated heterocycles. The summed E-state index contributed by atoms with van der Waals surface area (Å²) < 4.78 is 10.6. The van der Waals surface area contributed by atoms with Crippen LogP contribution in [0.4, 0.5) is 4.79 Å². The zero-order valence-electron chi connectivity index (χ0n) is 12.1. The highest BCUT2D eigenvalue weighted by atomic mass is 16.5. The van der Waals surface area contributed by atoms with Gasteiger partial charge in [-0.1, -0.05) is 0 Å². The van der Waals surface area contributed by atoms with Crippen LogP contribution >= 0.6 is 0 Å². The predicted molar refractivity (Wildman–Crippen MR) is 78.9 cm³/mol. The van der Waals surface area contributed by atoms with Gasteiger partial charge < -0.3 is 19.8 Å². The lowest BCUT2D eigenvalue weighted by atomic mass is 10.1. The molecule has 0 spiro atoms. The lowest BCUT2D eigenvalue weighted by Crippen LogP contribution is -2.44. The van der Waals surface area contributed by atoms with E-state index < -0.39 is 0 Å². The highest BCUT2D eigenvalue weighted by Crippen LogP contribution is 2.19. The Morgan fingerprint density at radius 1 is 1.27 bits per heavy atom. The highest BCUT2D eigenvalue weighted by molar-refractivity contribution is 5.74. The van der Waals surface area contributed by atoms with Crippen LogP contribution in [0.3, 0.4) is 0 Å². The van der Waals surface area contributed by atoms with Crippen molar-refractivity contribution in [3.05, 3.63) is 36.5 Å². The van der Waals surface area contributed by atoms with E-state index in [0.29, 0.717) is 36.9 Å². The Hall–Kier alpha value is -2.41. The minimum absolute atomic E-state index is 0.167. The van der Waals surface area contributed by atoms with Crippen LogP contribution in [0, 0.1) is 0 Å². The van der Waals surface area contributed by atoms with Gasteiger partial charge in [-0.3, -0.25) is 4.98 Å². The molecule has 0 bridgehead atoms. The molecule has 2 aromatic rings. The molecule has 0 saturated carbocycles. The molecule has 2 aromatic heterocycles. The second kappa shape index (κ2) is 7.04. The number of nitrogens with one attached hydrogen (secondary N) is 2. The molecule has 3 heterocycles. The van der Waals surface area contributed by atoms with E-state index in [9.17, 15) is 4.79 Å². The van der Waals surface area contributed by atoms with Gasteiger partial charge in [0, 0.05) is 31.6 Å². The summed E-state index contributed by atoms with van der Waals surface area (Å²) in [4.78, 5) is 20.5. The Balaban J connectivity index is 1.58. The van der Waals surface area contributed by atoms with E-state index in [4.69, 9.17) is 9.15 Å². The Bertz CT molecular complexity index is 609. The van der Waals surface area contributed by atoms with Crippen molar-refractivity contribution in [1.29, 1.82) is 0 Å². The van der Waals surface area contributed by atoms with Crippen molar-refractivity contribution in [3.8, 4) is 11.5 Å². The normalized spacial score (nSPS) is 15.5. The molecule has 2 N–H and O–H groups in total. The monoisotopic (exact) mass is 302 g/mol. The van der Waals surface area contributed by atoms with Gasteiger partial charge in [-0.05, 0) is 25.0 Å². The van der Waals surface area contributed by atoms with Gasteiger partial charge in [-0.25, -0.2) is 9.78 Å². The van der Waals surface area contributed by atoms with E-state index in [0.717, 1.165) is 12.8 Å². The van der Waals surface area contributed by atoms with Gasteiger partial charge in [0.2, 0.25) is 0 Å². The Morgan fingerprint density at radius 3 is 2.86 bits per heavy atom. The molecule has 0 radical (unpaired) electrons. The quantitative estimate of drug-likeness (QED) is 0.897. The number of hydrogen-bond acceptors (Lipinski definition) is 5. The minimum Gasteiger partial charge on any atom is -0.463 e. The Kier molecular flexibility index (Phi) is 4.65. The number of carbonyl (C=O) groups is 1. The van der Waals surface area contributed by atoms with Crippen LogP contribution in [0.15, 0.2) is 35.2 Å². The van der Waals surface area contributed by atoms with Gasteiger partial charge >= 0.3 is 6.03 Å². The van der Waals surface area contributed by atoms with Crippen molar-refractivity contribution >= 4 is 6.03 Å². The maximum absolute atomic E-state index is 11.9. The molecular formula is C15H18N4O3. The van der Waals surface area contributed by atoms with E-state index in [-0.39, 0.29) is 12.1 Å². The van der Waals surface area contributed by atoms with Crippen molar-refractivity contribution in [1.82, 2.24) is 20.6 Å². The fraction of sp³-hybridized carbons (Fsp3) is 0.400. The largest absolute Gasteiger partial charge is 0.463 e. The minimum atomic E-state index is -0.206. The SMILES string of the molecule is O=C(NCc1nccnc1-c1ccco1)NC1CCOCC1. The van der Waals surface area contributed by atoms with Gasteiger partial charge in [-0.15, -0.1) is 0 Å². The van der Waals surface area contributed by atoms with Crippen molar-refractivity contribution in [3.63, 3.8) is 0 Å². The molecule has 0 atom stereocenters. The van der Waals surface area contributed by atoms with Crippen LogP contribution < -0.4 is 10.6 Å². The first-order valence-corrected chi connectivity index (χ1v) is 7.29. The average Bonchev–Trinajstić information content (AvgIpc) is 3.08. The van der Waals surface area contributed by atoms with Crippen LogP contribution in [0.25, 0.3) is 11.5 Å². The topological polar surface area (TPSA) is 89.3 Å². The second-order valence-electron chi connectivity index (χ2n) is 5.04. The maximum Gasteiger partial charge on any atom is 0.315 e. The molecule has 7 nitrogen and oxygen atoms in total. The summed E-state index contributed by atoms with van der Waals surface area (Å²) in [7, 11) is 0. The summed E-state index contributed by atoms with van der Waals surface area (Å²) in [6.07, 6.45) is 6.47. The predicted octanol–water partition coefficient (Wildman–Crippen LogP) is 1.71. The number of hydrogen-bond donors (Lipinski definition) is 2. The molecule has 1 aliphatic heterocycles. The van der Waals surface area contributed by atoms with Crippen LogP contribution in [0.5, 0.6) is 0 Å². The Morgan fingerprint density at radius 2 is 2.09 bits per heavy atom. The third kappa shape index (κ3) is 3.62. The molecule has 3 rings (SSSR count). The smallest absolute Gasteiger partial charge is 0.315 e. The van der Waals surface area contributed by atoms with Crippen LogP contribution in [0.2, 0.25) is 0 Å². The average molecular weight is 302 g/mol. The first-order chi connectivity index (χ1) is 10.8. The van der Waals surface area contributed by atoms with Crippen molar-refractivity contribution in [2.45, 2.75) is 25.4 Å². The zero-order chi connectivity index (χ0) is 15.2. The summed E-state index contributed by atoms with van der Waals surface area (Å²) >= 11 is 0. The summed E-state index contributed by atoms with van der Waals surface area (Å²) in [5, 5.41) is 5.76. The van der Waals surface area contributed by atoms with E-state index in [1.54, 1.807) is 24.7 Å². The highest BCUT2D eigenvalue weighted by Gasteiger charge is 2.16. The van der Waals surface area contributed by atoms with Crippen LogP contribution in [0.1, 0.15) is 18.5 Å². The van der Waals surface area contributed by atoms with Gasteiger partial charge in [-0.2, -0.15) is 0 Å². The molecule has 0 aliphatic carbocycles. The van der Waals surface area contributed by atoms with Crippen molar-refractivity contribution < 1.29 is 13.9 Å². The van der Waals surface area contributed by atoms with E-state index >= 15 is 0 Å². The molecule has 116 valence electrons. The molecule has 0 aromatic carbocycles. The molecule has 1 aliphatic rings. The number of aromatic nitrogens is 2. The Labute approximate surface area is 128 Å². The van der Waals surface area contributed by atoms with Gasteiger partial charge in [0.1, 0.15) is 5.69 Å². The zero-order valence-corrected chi connectivity index (χ0v) is 12.1. The molecule has 1 fully saturated rings. The fourth-order valence-corrected chi connectivity index (χ4v) is 2.36. The van der Waals surface area contributed by atoms with Gasteiger partial charge in [0.15, 0.2) is 5.76 Å². The fourth-order valence-electron chi connectivity index (χ4n) is 2.36. The summed E-state index contributed by atoms with van der Waals surface area (Å²) in [5.74, 6) is 0.634. The van der Waals surface area contributed by atoms with E-state index in [1.807, 2.05) is 6.07 Å². The lowest BCUT2D eigenvalue weighted by molar-refractivity contribution is 0.0800. The first-order valence-electron chi connectivity index (χ1n) is 7.29. The number of ether oxygens (including phenoxy) is 1. The van der Waals surface area contributed by atoms with Crippen LogP contribution in [-0.4, -0.2) is 35.3 Å². The summed E-state index contributed by atoms with van der Waals surface area (Å²) in [6, 6.07) is 3.57. The van der Waals surface area contributed by atoms with Crippen LogP contribution in [-0.2, 0) is 11.3 Å². The summed E-state index contributed by atoms with van der Waals surface area (Å²) in [5.41, 5.74) is 1.30.